The van der Waals surface area contributed by atoms with Gasteiger partial charge in [-0.2, -0.15) is 0 Å². The molecule has 1 rings (SSSR count). The number of pyridine rings is 1. The number of ether oxygens (including phenoxy) is 1. The van der Waals surface area contributed by atoms with Crippen molar-refractivity contribution < 1.29 is 18.3 Å². The van der Waals surface area contributed by atoms with Crippen molar-refractivity contribution in [3.05, 3.63) is 27.5 Å². The minimum Gasteiger partial charge on any atom is -0.461 e. The molecule has 94 valence electrons. The maximum atomic E-state index is 12.7. The van der Waals surface area contributed by atoms with Crippen molar-refractivity contribution in [3.63, 3.8) is 0 Å². The minimum atomic E-state index is -2.65. The predicted molar refractivity (Wildman–Crippen MR) is 65.5 cm³/mol. The molecule has 0 bridgehead atoms. The van der Waals surface area contributed by atoms with E-state index < -0.39 is 12.4 Å². The van der Waals surface area contributed by atoms with Crippen LogP contribution in [0.3, 0.4) is 0 Å². The molecule has 0 unspecified atom stereocenters. The van der Waals surface area contributed by atoms with E-state index in [1.807, 2.05) is 0 Å². The molecule has 0 atom stereocenters. The Morgan fingerprint density at radius 2 is 2.24 bits per heavy atom. The van der Waals surface area contributed by atoms with E-state index in [4.69, 9.17) is 4.74 Å². The van der Waals surface area contributed by atoms with Gasteiger partial charge in [0.25, 0.3) is 6.43 Å². The first-order valence-corrected chi connectivity index (χ1v) is 6.63. The van der Waals surface area contributed by atoms with Gasteiger partial charge >= 0.3 is 5.97 Å². The van der Waals surface area contributed by atoms with Gasteiger partial charge in [0.2, 0.25) is 0 Å². The largest absolute Gasteiger partial charge is 0.461 e. The molecular weight excluding hydrogens is 364 g/mol. The fourth-order valence-electron chi connectivity index (χ4n) is 1.22. The summed E-state index contributed by atoms with van der Waals surface area (Å²) in [5.41, 5.74) is 0.109. The lowest BCUT2D eigenvalue weighted by molar-refractivity contribution is 0.0518. The van der Waals surface area contributed by atoms with Crippen molar-refractivity contribution in [1.82, 2.24) is 4.98 Å². The first-order chi connectivity index (χ1) is 8.01. The Kier molecular flexibility index (Phi) is 5.45. The summed E-state index contributed by atoms with van der Waals surface area (Å²) in [6.45, 7) is 1.87. The normalized spacial score (nSPS) is 10.7. The van der Waals surface area contributed by atoms with Gasteiger partial charge in [-0.05, 0) is 34.5 Å². The third kappa shape index (κ3) is 3.45. The lowest BCUT2D eigenvalue weighted by atomic mass is 10.1. The Morgan fingerprint density at radius 3 is 2.71 bits per heavy atom. The maximum Gasteiger partial charge on any atom is 0.356 e. The molecule has 7 heteroatoms. The molecule has 0 spiro atoms. The molecule has 3 nitrogen and oxygen atoms in total. The van der Waals surface area contributed by atoms with E-state index in [1.165, 1.54) is 6.07 Å². The standard InChI is InChI=1S/C10H9Br2F2NO2/c1-2-17-10(16)6-3-5(4-11)7(9(13)14)8(12)15-6/h3,9H,2,4H2,1H3. The van der Waals surface area contributed by atoms with E-state index in [9.17, 15) is 13.6 Å². The number of alkyl halides is 3. The van der Waals surface area contributed by atoms with Crippen LogP contribution < -0.4 is 0 Å². The van der Waals surface area contributed by atoms with Crippen LogP contribution in [0.5, 0.6) is 0 Å². The van der Waals surface area contributed by atoms with Crippen LogP contribution in [-0.4, -0.2) is 17.6 Å². The first kappa shape index (κ1) is 14.5. The molecule has 0 saturated carbocycles. The molecule has 0 N–H and O–H groups in total. The number of nitrogens with zero attached hydrogens (tertiary/aromatic N) is 1. The van der Waals surface area contributed by atoms with Crippen LogP contribution in [0.25, 0.3) is 0 Å². The van der Waals surface area contributed by atoms with Gasteiger partial charge in [0, 0.05) is 5.33 Å². The Morgan fingerprint density at radius 1 is 1.59 bits per heavy atom. The van der Waals surface area contributed by atoms with Gasteiger partial charge in [0.1, 0.15) is 10.3 Å². The van der Waals surface area contributed by atoms with Crippen molar-refractivity contribution in [2.75, 3.05) is 6.61 Å². The van der Waals surface area contributed by atoms with Crippen LogP contribution in [0.4, 0.5) is 8.78 Å². The summed E-state index contributed by atoms with van der Waals surface area (Å²) in [6, 6.07) is 1.30. The topological polar surface area (TPSA) is 39.2 Å². The van der Waals surface area contributed by atoms with Crippen molar-refractivity contribution in [1.29, 1.82) is 0 Å². The molecule has 0 saturated heterocycles. The van der Waals surface area contributed by atoms with Crippen molar-refractivity contribution in [3.8, 4) is 0 Å². The number of esters is 1. The summed E-state index contributed by atoms with van der Waals surface area (Å²) in [5.74, 6) is -0.629. The lowest BCUT2D eigenvalue weighted by Crippen LogP contribution is -2.10. The average Bonchev–Trinajstić information content (AvgIpc) is 2.27. The quantitative estimate of drug-likeness (QED) is 0.457. The molecule has 1 heterocycles. The third-order valence-electron chi connectivity index (χ3n) is 1.94. The smallest absolute Gasteiger partial charge is 0.356 e. The van der Waals surface area contributed by atoms with E-state index >= 15 is 0 Å². The van der Waals surface area contributed by atoms with E-state index in [-0.39, 0.29) is 27.8 Å². The van der Waals surface area contributed by atoms with Gasteiger partial charge in [0.15, 0.2) is 0 Å². The van der Waals surface area contributed by atoms with Crippen LogP contribution in [0, 0.1) is 0 Å². The van der Waals surface area contributed by atoms with Gasteiger partial charge in [-0.1, -0.05) is 15.9 Å². The van der Waals surface area contributed by atoms with Crippen LogP contribution in [0.1, 0.15) is 35.0 Å². The average molecular weight is 373 g/mol. The Bertz CT molecular complexity index is 427. The number of hydrogen-bond donors (Lipinski definition) is 0. The van der Waals surface area contributed by atoms with E-state index in [0.717, 1.165) is 0 Å². The number of aromatic nitrogens is 1. The summed E-state index contributed by atoms with van der Waals surface area (Å²) >= 11 is 6.04. The fraction of sp³-hybridized carbons (Fsp3) is 0.400. The van der Waals surface area contributed by atoms with Gasteiger partial charge in [-0.25, -0.2) is 18.6 Å². The predicted octanol–water partition coefficient (Wildman–Crippen LogP) is 3.85. The zero-order valence-corrected chi connectivity index (χ0v) is 12.0. The highest BCUT2D eigenvalue weighted by Gasteiger charge is 2.21. The summed E-state index contributed by atoms with van der Waals surface area (Å²) in [5, 5.41) is 0.209. The van der Waals surface area contributed by atoms with Gasteiger partial charge in [0.05, 0.1) is 12.2 Å². The minimum absolute atomic E-state index is 0.0116. The van der Waals surface area contributed by atoms with E-state index in [0.29, 0.717) is 5.56 Å². The van der Waals surface area contributed by atoms with Crippen LogP contribution in [0.15, 0.2) is 10.7 Å². The third-order valence-corrected chi connectivity index (χ3v) is 3.15. The highest BCUT2D eigenvalue weighted by molar-refractivity contribution is 9.10. The summed E-state index contributed by atoms with van der Waals surface area (Å²) in [6.07, 6.45) is -2.65. The second kappa shape index (κ2) is 6.39. The Balaban J connectivity index is 3.22. The summed E-state index contributed by atoms with van der Waals surface area (Å²) in [7, 11) is 0. The van der Waals surface area contributed by atoms with E-state index in [1.54, 1.807) is 6.92 Å². The summed E-state index contributed by atoms with van der Waals surface area (Å²) in [4.78, 5) is 15.2. The molecule has 0 aliphatic heterocycles. The van der Waals surface area contributed by atoms with Crippen LogP contribution in [0.2, 0.25) is 0 Å². The van der Waals surface area contributed by atoms with Gasteiger partial charge in [-0.3, -0.25) is 0 Å². The number of hydrogen-bond acceptors (Lipinski definition) is 3. The Hall–Kier alpha value is -0.560. The first-order valence-electron chi connectivity index (χ1n) is 4.71. The molecule has 0 aliphatic carbocycles. The molecule has 1 aromatic rings. The fourth-order valence-corrected chi connectivity index (χ4v) is 2.31. The number of rotatable bonds is 4. The molecule has 0 radical (unpaired) electrons. The molecular formula is C10H9Br2F2NO2. The molecule has 0 amide bonds. The number of carbonyl (C=O) groups excluding carboxylic acids is 1. The monoisotopic (exact) mass is 371 g/mol. The van der Waals surface area contributed by atoms with Gasteiger partial charge in [-0.15, -0.1) is 0 Å². The van der Waals surface area contributed by atoms with Crippen molar-refractivity contribution in [2.45, 2.75) is 18.7 Å². The number of carbonyl (C=O) groups is 1. The van der Waals surface area contributed by atoms with Crippen molar-refractivity contribution >= 4 is 37.8 Å². The molecule has 0 aliphatic rings. The Labute approximate surface area is 114 Å². The van der Waals surface area contributed by atoms with Gasteiger partial charge < -0.3 is 4.74 Å². The molecule has 17 heavy (non-hydrogen) atoms. The second-order valence-corrected chi connectivity index (χ2v) is 4.34. The van der Waals surface area contributed by atoms with Crippen LogP contribution in [-0.2, 0) is 10.1 Å². The van der Waals surface area contributed by atoms with Crippen LogP contribution >= 0.6 is 31.9 Å². The zero-order valence-electron chi connectivity index (χ0n) is 8.84. The second-order valence-electron chi connectivity index (χ2n) is 3.03. The van der Waals surface area contributed by atoms with E-state index in [2.05, 4.69) is 36.8 Å². The molecule has 0 fully saturated rings. The number of halogens is 4. The van der Waals surface area contributed by atoms with Crippen molar-refractivity contribution in [2.24, 2.45) is 0 Å². The molecule has 0 aromatic carbocycles. The highest BCUT2D eigenvalue weighted by Crippen LogP contribution is 2.31. The zero-order chi connectivity index (χ0) is 13.0. The lowest BCUT2D eigenvalue weighted by Gasteiger charge is -2.10. The highest BCUT2D eigenvalue weighted by atomic mass is 79.9. The molecule has 1 aromatic heterocycles. The SMILES string of the molecule is CCOC(=O)c1cc(CBr)c(C(F)F)c(Br)n1. The maximum absolute atomic E-state index is 12.7. The summed E-state index contributed by atoms with van der Waals surface area (Å²) < 4.78 is 30.2.